The normalized spacial score (nSPS) is 11.5. The lowest BCUT2D eigenvalue weighted by molar-refractivity contribution is 0.208. The fourth-order valence-corrected chi connectivity index (χ4v) is 1.16. The first kappa shape index (κ1) is 11.6. The predicted octanol–water partition coefficient (Wildman–Crippen LogP) is 0.246. The molecule has 0 unspecified atom stereocenters. The Balaban J connectivity index is 2.77. The van der Waals surface area contributed by atoms with Crippen molar-refractivity contribution in [2.24, 2.45) is 10.8 Å². The quantitative estimate of drug-likeness (QED) is 0.244. The number of methoxy groups -OCH3 is 1. The molecule has 1 aromatic rings. The van der Waals surface area contributed by atoms with Gasteiger partial charge in [0, 0.05) is 24.6 Å². The summed E-state index contributed by atoms with van der Waals surface area (Å²) in [4.78, 5) is 8.38. The number of amidine groups is 1. The van der Waals surface area contributed by atoms with E-state index in [0.29, 0.717) is 19.0 Å². The standard InChI is InChI=1S/C10H16N4O/c1-8-7-9(3-4-12-8)10(14-11)13-5-6-15-2/h3-4,7H,5-6,11H2,1-2H3,(H,13,14). The molecule has 0 amide bonds. The van der Waals surface area contributed by atoms with Gasteiger partial charge in [0.1, 0.15) is 5.84 Å². The molecule has 0 bridgehead atoms. The minimum absolute atomic E-state index is 0.579. The number of aryl methyl sites for hydroxylation is 1. The molecule has 15 heavy (non-hydrogen) atoms. The SMILES string of the molecule is COCCN=C(NN)c1ccnc(C)c1. The Morgan fingerprint density at radius 1 is 1.67 bits per heavy atom. The Bertz CT molecular complexity index is 338. The molecule has 0 aliphatic carbocycles. The van der Waals surface area contributed by atoms with Crippen molar-refractivity contribution in [2.45, 2.75) is 6.92 Å². The van der Waals surface area contributed by atoms with Gasteiger partial charge in [-0.2, -0.15) is 0 Å². The van der Waals surface area contributed by atoms with Crippen molar-refractivity contribution < 1.29 is 4.74 Å². The smallest absolute Gasteiger partial charge is 0.142 e. The summed E-state index contributed by atoms with van der Waals surface area (Å²) >= 11 is 0. The van der Waals surface area contributed by atoms with Crippen LogP contribution in [0, 0.1) is 6.92 Å². The minimum Gasteiger partial charge on any atom is -0.383 e. The molecule has 82 valence electrons. The molecule has 0 saturated carbocycles. The van der Waals surface area contributed by atoms with E-state index < -0.39 is 0 Å². The number of ether oxygens (including phenoxy) is 1. The second kappa shape index (κ2) is 6.10. The summed E-state index contributed by atoms with van der Waals surface area (Å²) in [7, 11) is 1.64. The van der Waals surface area contributed by atoms with Crippen LogP contribution >= 0.6 is 0 Å². The molecule has 1 rings (SSSR count). The highest BCUT2D eigenvalue weighted by Crippen LogP contribution is 2.01. The molecule has 0 saturated heterocycles. The summed E-state index contributed by atoms with van der Waals surface area (Å²) in [5.41, 5.74) is 4.44. The van der Waals surface area contributed by atoms with Gasteiger partial charge >= 0.3 is 0 Å². The average Bonchev–Trinajstić information content (AvgIpc) is 2.24. The van der Waals surface area contributed by atoms with Crippen molar-refractivity contribution in [3.05, 3.63) is 29.6 Å². The Morgan fingerprint density at radius 3 is 3.07 bits per heavy atom. The first-order valence-corrected chi connectivity index (χ1v) is 4.71. The third kappa shape index (κ3) is 3.65. The van der Waals surface area contributed by atoms with E-state index in [0.717, 1.165) is 11.3 Å². The topological polar surface area (TPSA) is 72.5 Å². The highest BCUT2D eigenvalue weighted by molar-refractivity contribution is 5.98. The van der Waals surface area contributed by atoms with E-state index in [1.807, 2.05) is 19.1 Å². The molecule has 0 spiro atoms. The fraction of sp³-hybridized carbons (Fsp3) is 0.400. The van der Waals surface area contributed by atoms with Crippen LogP contribution in [0.25, 0.3) is 0 Å². The number of hydrogen-bond acceptors (Lipinski definition) is 4. The summed E-state index contributed by atoms with van der Waals surface area (Å²) in [6.07, 6.45) is 1.73. The molecule has 0 radical (unpaired) electrons. The average molecular weight is 208 g/mol. The summed E-state index contributed by atoms with van der Waals surface area (Å²) in [6.45, 7) is 3.08. The second-order valence-electron chi connectivity index (χ2n) is 3.05. The van der Waals surface area contributed by atoms with Crippen molar-refractivity contribution in [3.8, 4) is 0 Å². The lowest BCUT2D eigenvalue weighted by Crippen LogP contribution is -2.31. The van der Waals surface area contributed by atoms with Gasteiger partial charge in [-0.15, -0.1) is 0 Å². The molecule has 1 heterocycles. The monoisotopic (exact) mass is 208 g/mol. The molecule has 5 heteroatoms. The van der Waals surface area contributed by atoms with Gasteiger partial charge in [0.15, 0.2) is 0 Å². The number of rotatable bonds is 4. The van der Waals surface area contributed by atoms with E-state index in [9.17, 15) is 0 Å². The lowest BCUT2D eigenvalue weighted by Gasteiger charge is -2.06. The molecule has 5 nitrogen and oxygen atoms in total. The van der Waals surface area contributed by atoms with E-state index >= 15 is 0 Å². The van der Waals surface area contributed by atoms with E-state index in [-0.39, 0.29) is 0 Å². The maximum Gasteiger partial charge on any atom is 0.142 e. The second-order valence-corrected chi connectivity index (χ2v) is 3.05. The molecule has 0 aromatic carbocycles. The van der Waals surface area contributed by atoms with E-state index in [4.69, 9.17) is 10.6 Å². The number of nitrogens with two attached hydrogens (primary N) is 1. The number of nitrogens with one attached hydrogen (secondary N) is 1. The van der Waals surface area contributed by atoms with Gasteiger partial charge in [0.2, 0.25) is 0 Å². The number of hydrazine groups is 1. The maximum absolute atomic E-state index is 5.40. The molecular formula is C10H16N4O. The van der Waals surface area contributed by atoms with Crippen molar-refractivity contribution >= 4 is 5.84 Å². The first-order valence-electron chi connectivity index (χ1n) is 4.71. The van der Waals surface area contributed by atoms with Crippen molar-refractivity contribution in [1.29, 1.82) is 0 Å². The fourth-order valence-electron chi connectivity index (χ4n) is 1.16. The van der Waals surface area contributed by atoms with Crippen LogP contribution in [0.15, 0.2) is 23.3 Å². The largest absolute Gasteiger partial charge is 0.383 e. The Labute approximate surface area is 89.3 Å². The third-order valence-electron chi connectivity index (χ3n) is 1.87. The highest BCUT2D eigenvalue weighted by Gasteiger charge is 2.01. The number of pyridine rings is 1. The van der Waals surface area contributed by atoms with Gasteiger partial charge < -0.3 is 10.2 Å². The van der Waals surface area contributed by atoms with Gasteiger partial charge in [0.25, 0.3) is 0 Å². The molecule has 0 atom stereocenters. The van der Waals surface area contributed by atoms with Crippen LogP contribution in [-0.4, -0.2) is 31.1 Å². The van der Waals surface area contributed by atoms with Gasteiger partial charge in [0.05, 0.1) is 13.2 Å². The number of aromatic nitrogens is 1. The zero-order chi connectivity index (χ0) is 11.1. The van der Waals surface area contributed by atoms with Gasteiger partial charge in [-0.3, -0.25) is 9.98 Å². The molecule has 1 aromatic heterocycles. The summed E-state index contributed by atoms with van der Waals surface area (Å²) in [5.74, 6) is 6.05. The lowest BCUT2D eigenvalue weighted by atomic mass is 10.2. The maximum atomic E-state index is 5.40. The van der Waals surface area contributed by atoms with Crippen molar-refractivity contribution in [3.63, 3.8) is 0 Å². The van der Waals surface area contributed by atoms with E-state index in [2.05, 4.69) is 15.4 Å². The van der Waals surface area contributed by atoms with Crippen LogP contribution in [0.3, 0.4) is 0 Å². The summed E-state index contributed by atoms with van der Waals surface area (Å²) in [5, 5.41) is 0. The van der Waals surface area contributed by atoms with E-state index in [1.165, 1.54) is 0 Å². The summed E-state index contributed by atoms with van der Waals surface area (Å²) < 4.78 is 4.91. The Morgan fingerprint density at radius 2 is 2.47 bits per heavy atom. The van der Waals surface area contributed by atoms with Crippen LogP contribution in [0.4, 0.5) is 0 Å². The van der Waals surface area contributed by atoms with E-state index in [1.54, 1.807) is 13.3 Å². The predicted molar refractivity (Wildman–Crippen MR) is 59.6 cm³/mol. The molecule has 0 aliphatic heterocycles. The number of aliphatic imine (C=N–C) groups is 1. The highest BCUT2D eigenvalue weighted by atomic mass is 16.5. The molecule has 0 aliphatic rings. The molecule has 0 fully saturated rings. The minimum atomic E-state index is 0.579. The Kier molecular flexibility index (Phi) is 4.73. The van der Waals surface area contributed by atoms with Gasteiger partial charge in [-0.25, -0.2) is 5.84 Å². The van der Waals surface area contributed by atoms with Crippen LogP contribution < -0.4 is 11.3 Å². The number of nitrogens with zero attached hydrogens (tertiary/aromatic N) is 2. The van der Waals surface area contributed by atoms with Crippen molar-refractivity contribution in [1.82, 2.24) is 10.4 Å². The van der Waals surface area contributed by atoms with Crippen LogP contribution in [0.2, 0.25) is 0 Å². The van der Waals surface area contributed by atoms with Gasteiger partial charge in [-0.1, -0.05) is 0 Å². The van der Waals surface area contributed by atoms with Gasteiger partial charge in [-0.05, 0) is 19.1 Å². The molecule has 3 N–H and O–H groups in total. The third-order valence-corrected chi connectivity index (χ3v) is 1.87. The molecular weight excluding hydrogens is 192 g/mol. The Hall–Kier alpha value is -1.46. The van der Waals surface area contributed by atoms with Crippen LogP contribution in [-0.2, 0) is 4.74 Å². The zero-order valence-corrected chi connectivity index (χ0v) is 9.03. The van der Waals surface area contributed by atoms with Crippen LogP contribution in [0.1, 0.15) is 11.3 Å². The van der Waals surface area contributed by atoms with Crippen molar-refractivity contribution in [2.75, 3.05) is 20.3 Å². The first-order chi connectivity index (χ1) is 7.27. The summed E-state index contributed by atoms with van der Waals surface area (Å²) in [6, 6.07) is 3.78. The zero-order valence-electron chi connectivity index (χ0n) is 9.03. The number of hydrogen-bond donors (Lipinski definition) is 2. The van der Waals surface area contributed by atoms with Crippen LogP contribution in [0.5, 0.6) is 0 Å².